The maximum Gasteiger partial charge on any atom is 0.162 e. The van der Waals surface area contributed by atoms with Gasteiger partial charge in [-0.3, -0.25) is 0 Å². The van der Waals surface area contributed by atoms with Crippen LogP contribution in [0.25, 0.3) is 0 Å². The predicted octanol–water partition coefficient (Wildman–Crippen LogP) is 2.20. The fourth-order valence-electron chi connectivity index (χ4n) is 2.23. The van der Waals surface area contributed by atoms with E-state index in [1.807, 2.05) is 6.92 Å². The predicted molar refractivity (Wildman–Crippen MR) is 83.2 cm³/mol. The molecule has 5 nitrogen and oxygen atoms in total. The summed E-state index contributed by atoms with van der Waals surface area (Å²) >= 11 is 6.29. The zero-order chi connectivity index (χ0) is 15.5. The second-order valence-electron chi connectivity index (χ2n) is 5.12. The number of nitrogens with one attached hydrogen (secondary N) is 1. The Bertz CT molecular complexity index is 603. The monoisotopic (exact) mass is 333 g/mol. The first-order valence-electron chi connectivity index (χ1n) is 6.91. The number of rotatable bonds is 6. The third-order valence-electron chi connectivity index (χ3n) is 3.15. The van der Waals surface area contributed by atoms with Crippen LogP contribution in [0.1, 0.15) is 24.9 Å². The summed E-state index contributed by atoms with van der Waals surface area (Å²) in [5.41, 5.74) is 0.722. The van der Waals surface area contributed by atoms with E-state index in [4.69, 9.17) is 21.1 Å². The Morgan fingerprint density at radius 3 is 2.48 bits per heavy atom. The summed E-state index contributed by atoms with van der Waals surface area (Å²) < 4.78 is 34.3. The molecule has 0 amide bonds. The van der Waals surface area contributed by atoms with Gasteiger partial charge in [0, 0.05) is 23.4 Å². The van der Waals surface area contributed by atoms with E-state index in [1.165, 1.54) is 6.26 Å². The van der Waals surface area contributed by atoms with E-state index in [1.54, 1.807) is 12.1 Å². The summed E-state index contributed by atoms with van der Waals surface area (Å²) in [6.07, 6.45) is 2.13. The molecule has 21 heavy (non-hydrogen) atoms. The van der Waals surface area contributed by atoms with Crippen LogP contribution >= 0.6 is 11.6 Å². The van der Waals surface area contributed by atoms with Crippen LogP contribution in [0.4, 0.5) is 0 Å². The van der Waals surface area contributed by atoms with E-state index in [9.17, 15) is 8.42 Å². The van der Waals surface area contributed by atoms with Crippen molar-refractivity contribution in [2.45, 2.75) is 19.4 Å². The third kappa shape index (κ3) is 4.49. The molecule has 1 aromatic carbocycles. The minimum absolute atomic E-state index is 0.00758. The Morgan fingerprint density at radius 1 is 1.29 bits per heavy atom. The third-order valence-corrected chi connectivity index (χ3v) is 4.41. The Hall–Kier alpha value is -0.980. The van der Waals surface area contributed by atoms with E-state index >= 15 is 0 Å². The molecule has 2 rings (SSSR count). The molecule has 1 atom stereocenters. The van der Waals surface area contributed by atoms with E-state index in [0.29, 0.717) is 36.3 Å². The summed E-state index contributed by atoms with van der Waals surface area (Å²) in [4.78, 5) is 0. The lowest BCUT2D eigenvalue weighted by Crippen LogP contribution is -2.29. The molecule has 0 radical (unpaired) electrons. The molecule has 1 heterocycles. The van der Waals surface area contributed by atoms with Gasteiger partial charge in [0.25, 0.3) is 0 Å². The maximum absolute atomic E-state index is 11.6. The molecule has 118 valence electrons. The number of hydrogen-bond acceptors (Lipinski definition) is 5. The Morgan fingerprint density at radius 2 is 1.90 bits per heavy atom. The smallest absolute Gasteiger partial charge is 0.162 e. The number of fused-ring (bicyclic) bond motifs is 1. The van der Waals surface area contributed by atoms with Crippen molar-refractivity contribution < 1.29 is 17.9 Å². The number of halogens is 1. The van der Waals surface area contributed by atoms with Gasteiger partial charge >= 0.3 is 0 Å². The lowest BCUT2D eigenvalue weighted by Gasteiger charge is -2.24. The van der Waals surface area contributed by atoms with Gasteiger partial charge in [0.05, 0.1) is 5.75 Å². The summed E-state index contributed by atoms with van der Waals surface area (Å²) in [5.74, 6) is 1.20. The van der Waals surface area contributed by atoms with E-state index in [0.717, 1.165) is 12.0 Å². The van der Waals surface area contributed by atoms with Crippen molar-refractivity contribution in [1.82, 2.24) is 5.32 Å². The fourth-order valence-corrected chi connectivity index (χ4v) is 3.41. The maximum atomic E-state index is 11.6. The molecule has 1 N–H and O–H groups in total. The average molecular weight is 334 g/mol. The molecule has 0 saturated carbocycles. The minimum Gasteiger partial charge on any atom is -0.486 e. The standard InChI is InChI=1S/C14H20ClNO4S/c1-3-4-16-12(9-21(2,17)18)10-7-13-14(8-11(10)15)20-6-5-19-13/h7-8,12,16H,3-6,9H2,1-2H3. The molecular weight excluding hydrogens is 314 g/mol. The topological polar surface area (TPSA) is 64.6 Å². The first-order chi connectivity index (χ1) is 9.90. The van der Waals surface area contributed by atoms with Crippen molar-refractivity contribution >= 4 is 21.4 Å². The van der Waals surface area contributed by atoms with Crippen molar-refractivity contribution in [1.29, 1.82) is 0 Å². The zero-order valence-electron chi connectivity index (χ0n) is 12.2. The molecule has 1 aliphatic rings. The lowest BCUT2D eigenvalue weighted by molar-refractivity contribution is 0.171. The van der Waals surface area contributed by atoms with Crippen molar-refractivity contribution in [3.8, 4) is 11.5 Å². The van der Waals surface area contributed by atoms with Crippen LogP contribution in [0.3, 0.4) is 0 Å². The van der Waals surface area contributed by atoms with Crippen LogP contribution in [-0.2, 0) is 9.84 Å². The number of hydrogen-bond donors (Lipinski definition) is 1. The SMILES string of the molecule is CCCNC(CS(C)(=O)=O)c1cc2c(cc1Cl)OCCO2. The summed E-state index contributed by atoms with van der Waals surface area (Å²) in [5, 5.41) is 3.71. The van der Waals surface area contributed by atoms with Crippen molar-refractivity contribution in [3.05, 3.63) is 22.7 Å². The second-order valence-corrected chi connectivity index (χ2v) is 7.71. The van der Waals surface area contributed by atoms with Crippen LogP contribution in [0.2, 0.25) is 5.02 Å². The summed E-state index contributed by atoms with van der Waals surface area (Å²) in [6, 6.07) is 3.10. The van der Waals surface area contributed by atoms with Crippen LogP contribution in [-0.4, -0.2) is 40.2 Å². The number of ether oxygens (including phenoxy) is 2. The Kier molecular flexibility index (Phi) is 5.35. The molecule has 0 spiro atoms. The number of benzene rings is 1. The normalized spacial score (nSPS) is 15.8. The van der Waals surface area contributed by atoms with Gasteiger partial charge in [-0.15, -0.1) is 0 Å². The molecule has 1 aliphatic heterocycles. The molecule has 1 aromatic rings. The highest BCUT2D eigenvalue weighted by molar-refractivity contribution is 7.90. The first kappa shape index (κ1) is 16.4. The highest BCUT2D eigenvalue weighted by atomic mass is 35.5. The van der Waals surface area contributed by atoms with Gasteiger partial charge in [-0.2, -0.15) is 0 Å². The van der Waals surface area contributed by atoms with Crippen molar-refractivity contribution in [2.24, 2.45) is 0 Å². The van der Waals surface area contributed by atoms with Crippen LogP contribution in [0.5, 0.6) is 11.5 Å². The molecular formula is C14H20ClNO4S. The molecule has 0 aliphatic carbocycles. The van der Waals surface area contributed by atoms with Gasteiger partial charge in [0.1, 0.15) is 23.1 Å². The minimum atomic E-state index is -3.13. The van der Waals surface area contributed by atoms with Crippen LogP contribution in [0, 0.1) is 0 Å². The quantitative estimate of drug-likeness (QED) is 0.864. The molecule has 0 aromatic heterocycles. The summed E-state index contributed by atoms with van der Waals surface area (Å²) in [6.45, 7) is 3.71. The van der Waals surface area contributed by atoms with Crippen molar-refractivity contribution in [3.63, 3.8) is 0 Å². The number of sulfone groups is 1. The first-order valence-corrected chi connectivity index (χ1v) is 9.34. The molecule has 0 saturated heterocycles. The van der Waals surface area contributed by atoms with E-state index in [-0.39, 0.29) is 11.8 Å². The zero-order valence-corrected chi connectivity index (χ0v) is 13.8. The van der Waals surface area contributed by atoms with Gasteiger partial charge in [0.15, 0.2) is 11.5 Å². The van der Waals surface area contributed by atoms with Crippen LogP contribution < -0.4 is 14.8 Å². The van der Waals surface area contributed by atoms with Crippen LogP contribution in [0.15, 0.2) is 12.1 Å². The van der Waals surface area contributed by atoms with E-state index in [2.05, 4.69) is 5.32 Å². The van der Waals surface area contributed by atoms with Crippen molar-refractivity contribution in [2.75, 3.05) is 31.8 Å². The highest BCUT2D eigenvalue weighted by Crippen LogP contribution is 2.38. The molecule has 0 bridgehead atoms. The Balaban J connectivity index is 2.34. The molecule has 1 unspecified atom stereocenters. The van der Waals surface area contributed by atoms with E-state index < -0.39 is 9.84 Å². The summed E-state index contributed by atoms with van der Waals surface area (Å²) in [7, 11) is -3.13. The van der Waals surface area contributed by atoms with Gasteiger partial charge in [0.2, 0.25) is 0 Å². The fraction of sp³-hybridized carbons (Fsp3) is 0.571. The average Bonchev–Trinajstić information content (AvgIpc) is 2.41. The Labute approximate surface area is 130 Å². The molecule has 0 fully saturated rings. The highest BCUT2D eigenvalue weighted by Gasteiger charge is 2.23. The van der Waals surface area contributed by atoms with Gasteiger partial charge < -0.3 is 14.8 Å². The lowest BCUT2D eigenvalue weighted by atomic mass is 10.1. The largest absolute Gasteiger partial charge is 0.486 e. The molecule has 7 heteroatoms. The van der Waals surface area contributed by atoms with Gasteiger partial charge in [-0.05, 0) is 24.6 Å². The second kappa shape index (κ2) is 6.85. The van der Waals surface area contributed by atoms with Gasteiger partial charge in [-0.1, -0.05) is 18.5 Å². The van der Waals surface area contributed by atoms with Gasteiger partial charge in [-0.25, -0.2) is 8.42 Å².